The minimum Gasteiger partial charge on any atom is -0.437 e. The Morgan fingerprint density at radius 3 is 2.58 bits per heavy atom. The zero-order valence-electron chi connectivity index (χ0n) is 11.2. The predicted molar refractivity (Wildman–Crippen MR) is 70.6 cm³/mol. The topological polar surface area (TPSA) is 61.0 Å². The van der Waals surface area contributed by atoms with Gasteiger partial charge in [-0.25, -0.2) is 4.39 Å². The highest BCUT2D eigenvalue weighted by Gasteiger charge is 2.13. The van der Waals surface area contributed by atoms with Gasteiger partial charge in [0.15, 0.2) is 0 Å². The Kier molecular flexibility index (Phi) is 3.76. The predicted octanol–water partition coefficient (Wildman–Crippen LogP) is 2.79. The van der Waals surface area contributed by atoms with E-state index in [1.165, 1.54) is 12.1 Å². The molecule has 0 aliphatic carbocycles. The van der Waals surface area contributed by atoms with E-state index in [4.69, 9.17) is 10.5 Å². The Bertz CT molecular complexity index is 614. The van der Waals surface area contributed by atoms with E-state index >= 15 is 0 Å². The number of halogens is 1. The SMILES string of the molecule is Cc1cc(F)ccc1Oc1nnc(C)c(C)c1CN. The van der Waals surface area contributed by atoms with Gasteiger partial charge in [-0.15, -0.1) is 5.10 Å². The maximum atomic E-state index is 13.0. The maximum Gasteiger partial charge on any atom is 0.243 e. The first-order valence-electron chi connectivity index (χ1n) is 5.99. The molecule has 0 bridgehead atoms. The minimum absolute atomic E-state index is 0.296. The highest BCUT2D eigenvalue weighted by molar-refractivity contribution is 5.40. The van der Waals surface area contributed by atoms with E-state index in [1.54, 1.807) is 13.0 Å². The largest absolute Gasteiger partial charge is 0.437 e. The molecule has 0 spiro atoms. The van der Waals surface area contributed by atoms with Crippen molar-refractivity contribution in [2.45, 2.75) is 27.3 Å². The molecule has 0 saturated carbocycles. The van der Waals surface area contributed by atoms with Gasteiger partial charge in [0.25, 0.3) is 0 Å². The molecule has 1 heterocycles. The number of nitrogens with two attached hydrogens (primary N) is 1. The van der Waals surface area contributed by atoms with Gasteiger partial charge >= 0.3 is 0 Å². The number of hydrogen-bond acceptors (Lipinski definition) is 4. The first kappa shape index (κ1) is 13.4. The fraction of sp³-hybridized carbons (Fsp3) is 0.286. The second-order valence-corrected chi connectivity index (χ2v) is 4.41. The average molecular weight is 261 g/mol. The van der Waals surface area contributed by atoms with Crippen LogP contribution >= 0.6 is 0 Å². The van der Waals surface area contributed by atoms with Crippen LogP contribution in [0.4, 0.5) is 4.39 Å². The molecule has 0 aliphatic rings. The van der Waals surface area contributed by atoms with Crippen molar-refractivity contribution >= 4 is 0 Å². The molecule has 1 aromatic carbocycles. The van der Waals surface area contributed by atoms with Gasteiger partial charge in [-0.1, -0.05) is 0 Å². The van der Waals surface area contributed by atoms with Crippen LogP contribution in [0.25, 0.3) is 0 Å². The molecule has 0 amide bonds. The summed E-state index contributed by atoms with van der Waals surface area (Å²) < 4.78 is 18.7. The van der Waals surface area contributed by atoms with E-state index in [2.05, 4.69) is 10.2 Å². The van der Waals surface area contributed by atoms with Crippen LogP contribution in [0.3, 0.4) is 0 Å². The Labute approximate surface area is 111 Å². The Morgan fingerprint density at radius 1 is 1.21 bits per heavy atom. The summed E-state index contributed by atoms with van der Waals surface area (Å²) in [5, 5.41) is 8.05. The zero-order chi connectivity index (χ0) is 14.0. The van der Waals surface area contributed by atoms with Gasteiger partial charge in [-0.05, 0) is 50.1 Å². The molecule has 1 aromatic heterocycles. The molecule has 0 atom stereocenters. The summed E-state index contributed by atoms with van der Waals surface area (Å²) in [6.07, 6.45) is 0. The third-order valence-electron chi connectivity index (χ3n) is 3.09. The fourth-order valence-corrected chi connectivity index (χ4v) is 1.79. The van der Waals surface area contributed by atoms with Crippen LogP contribution in [-0.4, -0.2) is 10.2 Å². The molecule has 5 heteroatoms. The number of hydrogen-bond donors (Lipinski definition) is 1. The number of benzene rings is 1. The summed E-state index contributed by atoms with van der Waals surface area (Å²) in [6, 6.07) is 4.33. The summed E-state index contributed by atoms with van der Waals surface area (Å²) >= 11 is 0. The van der Waals surface area contributed by atoms with Crippen LogP contribution in [0, 0.1) is 26.6 Å². The van der Waals surface area contributed by atoms with E-state index in [0.717, 1.165) is 16.8 Å². The molecule has 4 nitrogen and oxygen atoms in total. The summed E-state index contributed by atoms with van der Waals surface area (Å²) in [4.78, 5) is 0. The van der Waals surface area contributed by atoms with Crippen LogP contribution in [0.2, 0.25) is 0 Å². The smallest absolute Gasteiger partial charge is 0.243 e. The van der Waals surface area contributed by atoms with Gasteiger partial charge in [0.2, 0.25) is 5.88 Å². The summed E-state index contributed by atoms with van der Waals surface area (Å²) in [5.41, 5.74) is 9.03. The first-order chi connectivity index (χ1) is 9.02. The first-order valence-corrected chi connectivity index (χ1v) is 5.99. The normalized spacial score (nSPS) is 10.6. The van der Waals surface area contributed by atoms with Crippen LogP contribution in [0.5, 0.6) is 11.6 Å². The van der Waals surface area contributed by atoms with Crippen molar-refractivity contribution in [2.75, 3.05) is 0 Å². The maximum absolute atomic E-state index is 13.0. The molecular weight excluding hydrogens is 245 g/mol. The van der Waals surface area contributed by atoms with Crippen LogP contribution in [-0.2, 0) is 6.54 Å². The van der Waals surface area contributed by atoms with Gasteiger partial charge in [0, 0.05) is 12.1 Å². The van der Waals surface area contributed by atoms with Crippen molar-refractivity contribution in [1.82, 2.24) is 10.2 Å². The summed E-state index contributed by atoms with van der Waals surface area (Å²) in [7, 11) is 0. The molecule has 0 saturated heterocycles. The van der Waals surface area contributed by atoms with E-state index in [0.29, 0.717) is 23.7 Å². The van der Waals surface area contributed by atoms with Crippen molar-refractivity contribution in [3.63, 3.8) is 0 Å². The Morgan fingerprint density at radius 2 is 1.95 bits per heavy atom. The third-order valence-corrected chi connectivity index (χ3v) is 3.09. The summed E-state index contributed by atoms with van der Waals surface area (Å²) in [6.45, 7) is 5.89. The summed E-state index contributed by atoms with van der Waals surface area (Å²) in [5.74, 6) is 0.629. The van der Waals surface area contributed by atoms with Crippen molar-refractivity contribution in [1.29, 1.82) is 0 Å². The number of ether oxygens (including phenoxy) is 1. The van der Waals surface area contributed by atoms with E-state index in [1.807, 2.05) is 13.8 Å². The molecular formula is C14H16FN3O. The number of aromatic nitrogens is 2. The Balaban J connectivity index is 2.41. The van der Waals surface area contributed by atoms with Gasteiger partial charge in [0.1, 0.15) is 11.6 Å². The molecule has 2 aromatic rings. The lowest BCUT2D eigenvalue weighted by Gasteiger charge is -2.13. The standard InChI is InChI=1S/C14H16FN3O/c1-8-6-11(15)4-5-13(8)19-14-12(7-16)9(2)10(3)17-18-14/h4-6H,7,16H2,1-3H3. The van der Waals surface area contributed by atoms with Crippen molar-refractivity contribution in [3.05, 3.63) is 46.4 Å². The highest BCUT2D eigenvalue weighted by Crippen LogP contribution is 2.28. The molecule has 19 heavy (non-hydrogen) atoms. The molecule has 0 fully saturated rings. The third kappa shape index (κ3) is 2.71. The molecule has 100 valence electrons. The molecule has 0 radical (unpaired) electrons. The second kappa shape index (κ2) is 5.32. The number of aryl methyl sites for hydroxylation is 2. The number of nitrogens with zero attached hydrogens (tertiary/aromatic N) is 2. The van der Waals surface area contributed by atoms with Crippen molar-refractivity contribution in [3.8, 4) is 11.6 Å². The van der Waals surface area contributed by atoms with E-state index in [9.17, 15) is 4.39 Å². The van der Waals surface area contributed by atoms with Crippen LogP contribution in [0.1, 0.15) is 22.4 Å². The fourth-order valence-electron chi connectivity index (χ4n) is 1.79. The van der Waals surface area contributed by atoms with Crippen molar-refractivity contribution in [2.24, 2.45) is 5.73 Å². The molecule has 0 aliphatic heterocycles. The second-order valence-electron chi connectivity index (χ2n) is 4.41. The Hall–Kier alpha value is -2.01. The lowest BCUT2D eigenvalue weighted by atomic mass is 10.1. The monoisotopic (exact) mass is 261 g/mol. The zero-order valence-corrected chi connectivity index (χ0v) is 11.2. The minimum atomic E-state index is -0.296. The quantitative estimate of drug-likeness (QED) is 0.922. The number of rotatable bonds is 3. The van der Waals surface area contributed by atoms with Crippen LogP contribution < -0.4 is 10.5 Å². The van der Waals surface area contributed by atoms with Crippen LogP contribution in [0.15, 0.2) is 18.2 Å². The lowest BCUT2D eigenvalue weighted by molar-refractivity contribution is 0.442. The highest BCUT2D eigenvalue weighted by atomic mass is 19.1. The average Bonchev–Trinajstić information content (AvgIpc) is 2.37. The van der Waals surface area contributed by atoms with Gasteiger partial charge < -0.3 is 10.5 Å². The van der Waals surface area contributed by atoms with Crippen molar-refractivity contribution < 1.29 is 9.13 Å². The molecule has 0 unspecified atom stereocenters. The lowest BCUT2D eigenvalue weighted by Crippen LogP contribution is -2.07. The molecule has 2 N–H and O–H groups in total. The van der Waals surface area contributed by atoms with Gasteiger partial charge in [-0.3, -0.25) is 0 Å². The molecule has 2 rings (SSSR count). The van der Waals surface area contributed by atoms with E-state index < -0.39 is 0 Å². The van der Waals surface area contributed by atoms with Gasteiger partial charge in [-0.2, -0.15) is 5.10 Å². The van der Waals surface area contributed by atoms with Gasteiger partial charge in [0.05, 0.1) is 5.69 Å². The van der Waals surface area contributed by atoms with E-state index in [-0.39, 0.29) is 5.82 Å².